The highest BCUT2D eigenvalue weighted by Crippen LogP contribution is 2.43. The highest BCUT2D eigenvalue weighted by Gasteiger charge is 2.37. The van der Waals surface area contributed by atoms with Gasteiger partial charge in [0.25, 0.3) is 0 Å². The summed E-state index contributed by atoms with van der Waals surface area (Å²) in [5.41, 5.74) is 2.70. The molecule has 1 saturated carbocycles. The molecule has 6 heteroatoms. The van der Waals surface area contributed by atoms with Crippen molar-refractivity contribution in [1.82, 2.24) is 14.5 Å². The third-order valence-corrected chi connectivity index (χ3v) is 4.83. The Morgan fingerprint density at radius 3 is 2.80 bits per heavy atom. The summed E-state index contributed by atoms with van der Waals surface area (Å²) in [5, 5.41) is 9.65. The largest absolute Gasteiger partial charge is 0.481 e. The molecule has 0 amide bonds. The number of nitrogens with zero attached hydrogens (tertiary/aromatic N) is 3. The molecular formula is C14H17N3O2S. The van der Waals surface area contributed by atoms with Gasteiger partial charge in [-0.1, -0.05) is 11.8 Å². The summed E-state index contributed by atoms with van der Waals surface area (Å²) in [7, 11) is 0. The van der Waals surface area contributed by atoms with Gasteiger partial charge in [0, 0.05) is 11.2 Å². The van der Waals surface area contributed by atoms with E-state index in [2.05, 4.69) is 21.5 Å². The number of carbonyl (C=O) groups is 1. The Balaban J connectivity index is 2.12. The fraction of sp³-hybridized carbons (Fsp3) is 0.500. The molecule has 2 aromatic rings. The summed E-state index contributed by atoms with van der Waals surface area (Å²) in [6.45, 7) is 4.16. The van der Waals surface area contributed by atoms with Gasteiger partial charge in [-0.2, -0.15) is 0 Å². The summed E-state index contributed by atoms with van der Waals surface area (Å²) in [6.07, 6.45) is 3.38. The second kappa shape index (κ2) is 4.77. The number of thioether (sulfide) groups is 1. The molecule has 0 radical (unpaired) electrons. The smallest absolute Gasteiger partial charge is 0.313 e. The number of pyridine rings is 1. The van der Waals surface area contributed by atoms with Gasteiger partial charge in [-0.25, -0.2) is 9.97 Å². The fourth-order valence-corrected chi connectivity index (χ4v) is 3.50. The number of rotatable bonds is 4. The van der Waals surface area contributed by atoms with E-state index in [9.17, 15) is 4.79 Å². The number of aliphatic carboxylic acids is 1. The summed E-state index contributed by atoms with van der Waals surface area (Å²) >= 11 is 1.28. The minimum atomic E-state index is -0.823. The van der Waals surface area contributed by atoms with Crippen LogP contribution in [0.3, 0.4) is 0 Å². The van der Waals surface area contributed by atoms with E-state index in [0.29, 0.717) is 0 Å². The monoisotopic (exact) mass is 291 g/mol. The molecule has 0 aliphatic heterocycles. The first kappa shape index (κ1) is 13.4. The zero-order chi connectivity index (χ0) is 14.3. The number of carboxylic acids is 1. The maximum absolute atomic E-state index is 10.8. The van der Waals surface area contributed by atoms with Gasteiger partial charge in [0.2, 0.25) is 0 Å². The lowest BCUT2D eigenvalue weighted by Gasteiger charge is -2.40. The highest BCUT2D eigenvalue weighted by atomic mass is 32.2. The molecule has 2 heterocycles. The van der Waals surface area contributed by atoms with Gasteiger partial charge in [0.05, 0.1) is 5.75 Å². The molecule has 1 fully saturated rings. The minimum Gasteiger partial charge on any atom is -0.481 e. The molecule has 1 aliphatic rings. The first-order valence-corrected chi connectivity index (χ1v) is 7.69. The third kappa shape index (κ3) is 2.18. The van der Waals surface area contributed by atoms with E-state index in [1.165, 1.54) is 18.2 Å². The molecule has 0 unspecified atom stereocenters. The lowest BCUT2D eigenvalue weighted by molar-refractivity contribution is -0.133. The second-order valence-corrected chi connectivity index (χ2v) is 6.50. The van der Waals surface area contributed by atoms with Gasteiger partial charge >= 0.3 is 5.97 Å². The summed E-state index contributed by atoms with van der Waals surface area (Å²) in [6, 6.07) is 3.90. The number of aromatic nitrogens is 3. The van der Waals surface area contributed by atoms with E-state index in [1.807, 2.05) is 19.1 Å². The van der Waals surface area contributed by atoms with Crippen LogP contribution in [-0.2, 0) is 10.3 Å². The first-order chi connectivity index (χ1) is 9.49. The van der Waals surface area contributed by atoms with E-state index in [1.54, 1.807) is 0 Å². The van der Waals surface area contributed by atoms with Crippen molar-refractivity contribution >= 4 is 28.9 Å². The molecule has 5 nitrogen and oxygen atoms in total. The number of hydrogen-bond acceptors (Lipinski definition) is 4. The van der Waals surface area contributed by atoms with Gasteiger partial charge in [0.1, 0.15) is 5.52 Å². The van der Waals surface area contributed by atoms with E-state index < -0.39 is 5.97 Å². The van der Waals surface area contributed by atoms with E-state index in [0.717, 1.165) is 34.9 Å². The van der Waals surface area contributed by atoms with Crippen molar-refractivity contribution in [1.29, 1.82) is 0 Å². The lowest BCUT2D eigenvalue weighted by atomic mass is 9.78. The molecule has 0 spiro atoms. The van der Waals surface area contributed by atoms with Crippen molar-refractivity contribution in [3.63, 3.8) is 0 Å². The Morgan fingerprint density at radius 2 is 2.20 bits per heavy atom. The molecule has 1 aliphatic carbocycles. The minimum absolute atomic E-state index is 0.0242. The van der Waals surface area contributed by atoms with Crippen molar-refractivity contribution in [3.8, 4) is 0 Å². The molecular weight excluding hydrogens is 274 g/mol. The summed E-state index contributed by atoms with van der Waals surface area (Å²) in [5.74, 6) is -0.797. The average Bonchev–Trinajstić information content (AvgIpc) is 2.71. The molecule has 2 aromatic heterocycles. The Hall–Kier alpha value is -1.56. The molecule has 0 atom stereocenters. The number of imidazole rings is 1. The van der Waals surface area contributed by atoms with Crippen LogP contribution in [0.2, 0.25) is 0 Å². The van der Waals surface area contributed by atoms with Gasteiger partial charge in [0.15, 0.2) is 10.8 Å². The number of fused-ring (bicyclic) bond motifs is 1. The maximum Gasteiger partial charge on any atom is 0.313 e. The maximum atomic E-state index is 10.8. The molecule has 106 valence electrons. The van der Waals surface area contributed by atoms with Gasteiger partial charge < -0.3 is 5.11 Å². The van der Waals surface area contributed by atoms with Crippen molar-refractivity contribution < 1.29 is 9.90 Å². The van der Waals surface area contributed by atoms with Gasteiger partial charge in [-0.3, -0.25) is 9.36 Å². The Morgan fingerprint density at radius 1 is 1.45 bits per heavy atom. The fourth-order valence-electron chi connectivity index (χ4n) is 2.65. The van der Waals surface area contributed by atoms with Crippen molar-refractivity contribution in [2.75, 3.05) is 5.75 Å². The topological polar surface area (TPSA) is 68.0 Å². The van der Waals surface area contributed by atoms with E-state index in [-0.39, 0.29) is 11.3 Å². The first-order valence-electron chi connectivity index (χ1n) is 6.71. The number of hydrogen-bond donors (Lipinski definition) is 1. The second-order valence-electron chi connectivity index (χ2n) is 5.56. The van der Waals surface area contributed by atoms with E-state index in [4.69, 9.17) is 5.11 Å². The molecule has 3 rings (SSSR count). The molecule has 1 N–H and O–H groups in total. The van der Waals surface area contributed by atoms with E-state index >= 15 is 0 Å². The van der Waals surface area contributed by atoms with Crippen LogP contribution >= 0.6 is 11.8 Å². The molecule has 0 saturated heterocycles. The van der Waals surface area contributed by atoms with Crippen LogP contribution in [0.1, 0.15) is 31.9 Å². The van der Waals surface area contributed by atoms with Crippen LogP contribution in [0.5, 0.6) is 0 Å². The normalized spacial score (nSPS) is 17.1. The Kier molecular flexibility index (Phi) is 3.20. The Bertz CT molecular complexity index is 676. The molecule has 0 aromatic carbocycles. The quantitative estimate of drug-likeness (QED) is 0.877. The summed E-state index contributed by atoms with van der Waals surface area (Å²) < 4.78 is 2.15. The zero-order valence-corrected chi connectivity index (χ0v) is 12.4. The predicted octanol–water partition coefficient (Wildman–Crippen LogP) is 2.82. The van der Waals surface area contributed by atoms with Crippen LogP contribution in [0.25, 0.3) is 11.2 Å². The van der Waals surface area contributed by atoms with Crippen molar-refractivity contribution in [3.05, 3.63) is 17.8 Å². The van der Waals surface area contributed by atoms with Crippen molar-refractivity contribution in [2.45, 2.75) is 43.8 Å². The number of aryl methyl sites for hydroxylation is 1. The standard InChI is InChI=1S/C14H17N3O2S/c1-9-4-5-10-12(15-9)17(14(2)6-3-7-14)13(16-10)20-8-11(18)19/h4-5H,3,6-8H2,1-2H3,(H,18,19). The van der Waals surface area contributed by atoms with Crippen LogP contribution in [0.4, 0.5) is 0 Å². The SMILES string of the molecule is Cc1ccc2nc(SCC(=O)O)n(C3(C)CCC3)c2n1. The van der Waals surface area contributed by atoms with Crippen LogP contribution < -0.4 is 0 Å². The average molecular weight is 291 g/mol. The Labute approximate surface area is 121 Å². The van der Waals surface area contributed by atoms with Crippen molar-refractivity contribution in [2.24, 2.45) is 0 Å². The molecule has 20 heavy (non-hydrogen) atoms. The predicted molar refractivity (Wildman–Crippen MR) is 78.1 cm³/mol. The van der Waals surface area contributed by atoms with Gasteiger partial charge in [-0.05, 0) is 45.2 Å². The van der Waals surface area contributed by atoms with Gasteiger partial charge in [-0.15, -0.1) is 0 Å². The summed E-state index contributed by atoms with van der Waals surface area (Å²) in [4.78, 5) is 20.0. The number of carboxylic acid groups (broad SMARTS) is 1. The zero-order valence-electron chi connectivity index (χ0n) is 11.6. The lowest BCUT2D eigenvalue weighted by Crippen LogP contribution is -2.38. The third-order valence-electron chi connectivity index (χ3n) is 3.91. The van der Waals surface area contributed by atoms with Crippen LogP contribution in [0, 0.1) is 6.92 Å². The highest BCUT2D eigenvalue weighted by molar-refractivity contribution is 7.99. The van der Waals surface area contributed by atoms with Crippen LogP contribution in [0.15, 0.2) is 17.3 Å². The molecule has 0 bridgehead atoms. The van der Waals surface area contributed by atoms with Crippen LogP contribution in [-0.4, -0.2) is 31.4 Å².